The number of hydrogen-bond acceptors (Lipinski definition) is 2. The second kappa shape index (κ2) is 8.52. The lowest BCUT2D eigenvalue weighted by atomic mass is 9.86. The van der Waals surface area contributed by atoms with Crippen molar-refractivity contribution in [3.63, 3.8) is 0 Å². The van der Waals surface area contributed by atoms with Gasteiger partial charge in [0.05, 0.1) is 12.0 Å². The highest BCUT2D eigenvalue weighted by atomic mass is 35.5. The number of amides is 1. The summed E-state index contributed by atoms with van der Waals surface area (Å²) in [6, 6.07) is 13.9. The van der Waals surface area contributed by atoms with Crippen LogP contribution in [0.2, 0.25) is 15.1 Å². The van der Waals surface area contributed by atoms with Crippen LogP contribution in [0.25, 0.3) is 0 Å². The molecule has 1 amide bonds. The molecule has 1 saturated heterocycles. The minimum atomic E-state index is -0.0291. The van der Waals surface area contributed by atoms with E-state index in [9.17, 15) is 4.79 Å². The third-order valence-electron chi connectivity index (χ3n) is 5.88. The Morgan fingerprint density at radius 2 is 1.64 bits per heavy atom. The molecule has 1 saturated carbocycles. The Labute approximate surface area is 181 Å². The molecule has 2 unspecified atom stereocenters. The molecule has 2 aromatic rings. The molecule has 0 spiro atoms. The topological polar surface area (TPSA) is 32.3 Å². The van der Waals surface area contributed by atoms with Crippen molar-refractivity contribution in [2.45, 2.75) is 44.2 Å². The maximum absolute atomic E-state index is 12.8. The zero-order chi connectivity index (χ0) is 19.7. The fourth-order valence-electron chi connectivity index (χ4n) is 4.07. The number of anilines is 1. The minimum Gasteiger partial charge on any atom is -0.364 e. The van der Waals surface area contributed by atoms with E-state index in [4.69, 9.17) is 34.8 Å². The summed E-state index contributed by atoms with van der Waals surface area (Å²) in [5, 5.41) is 5.19. The van der Waals surface area contributed by atoms with Crippen LogP contribution in [0, 0.1) is 5.92 Å². The van der Waals surface area contributed by atoms with Gasteiger partial charge in [0.25, 0.3) is 0 Å². The first-order valence-electron chi connectivity index (χ1n) is 9.79. The first-order chi connectivity index (χ1) is 13.5. The number of benzene rings is 2. The van der Waals surface area contributed by atoms with E-state index in [0.29, 0.717) is 27.7 Å². The van der Waals surface area contributed by atoms with Gasteiger partial charge in [-0.05, 0) is 74.1 Å². The number of halogens is 3. The van der Waals surface area contributed by atoms with Gasteiger partial charge in [-0.15, -0.1) is 0 Å². The number of nitrogens with zero attached hydrogens (tertiary/aromatic N) is 1. The standard InChI is InChI=1S/C22H23Cl3N2O/c23-15-5-8-18(9-6-15)27-13-14(22(28)26-17-2-1-3-17)4-11-21(27)19-10-7-16(24)12-20(19)25/h5-10,12,14,17,21H,1-4,11,13H2,(H,26,28). The molecule has 2 aliphatic rings. The molecule has 6 heteroatoms. The van der Waals surface area contributed by atoms with E-state index < -0.39 is 0 Å². The fraction of sp³-hybridized carbons (Fsp3) is 0.409. The van der Waals surface area contributed by atoms with Gasteiger partial charge >= 0.3 is 0 Å². The van der Waals surface area contributed by atoms with Crippen molar-refractivity contribution in [2.24, 2.45) is 5.92 Å². The predicted molar refractivity (Wildman–Crippen MR) is 117 cm³/mol. The van der Waals surface area contributed by atoms with Crippen LogP contribution in [-0.4, -0.2) is 18.5 Å². The molecule has 2 aromatic carbocycles. The summed E-state index contributed by atoms with van der Waals surface area (Å²) in [6.07, 6.45) is 5.10. The maximum Gasteiger partial charge on any atom is 0.225 e. The lowest BCUT2D eigenvalue weighted by molar-refractivity contribution is -0.126. The van der Waals surface area contributed by atoms with Crippen molar-refractivity contribution in [3.8, 4) is 0 Å². The molecule has 1 aliphatic carbocycles. The first-order valence-corrected chi connectivity index (χ1v) is 10.9. The minimum absolute atomic E-state index is 0.0291. The van der Waals surface area contributed by atoms with Gasteiger partial charge in [0.1, 0.15) is 0 Å². The molecule has 1 heterocycles. The fourth-order valence-corrected chi connectivity index (χ4v) is 4.73. The maximum atomic E-state index is 12.8. The molecule has 1 aliphatic heterocycles. The Balaban J connectivity index is 1.60. The van der Waals surface area contributed by atoms with Gasteiger partial charge in [-0.1, -0.05) is 40.9 Å². The highest BCUT2D eigenvalue weighted by Crippen LogP contribution is 2.40. The van der Waals surface area contributed by atoms with Gasteiger partial charge in [0, 0.05) is 33.3 Å². The Kier molecular flexibility index (Phi) is 6.05. The molecular formula is C22H23Cl3N2O. The van der Waals surface area contributed by atoms with Crippen molar-refractivity contribution in [2.75, 3.05) is 11.4 Å². The van der Waals surface area contributed by atoms with E-state index in [0.717, 1.165) is 36.9 Å². The van der Waals surface area contributed by atoms with E-state index in [1.54, 1.807) is 6.07 Å². The predicted octanol–water partition coefficient (Wildman–Crippen LogP) is 6.27. The third kappa shape index (κ3) is 4.27. The van der Waals surface area contributed by atoms with Crippen LogP contribution in [0.1, 0.15) is 43.7 Å². The molecule has 2 fully saturated rings. The molecule has 28 heavy (non-hydrogen) atoms. The summed E-state index contributed by atoms with van der Waals surface area (Å²) in [4.78, 5) is 15.1. The van der Waals surface area contributed by atoms with Gasteiger partial charge in [0.2, 0.25) is 5.91 Å². The lowest BCUT2D eigenvalue weighted by Gasteiger charge is -2.42. The zero-order valence-electron chi connectivity index (χ0n) is 15.5. The van der Waals surface area contributed by atoms with Gasteiger partial charge in [-0.3, -0.25) is 4.79 Å². The van der Waals surface area contributed by atoms with Crippen molar-refractivity contribution in [3.05, 3.63) is 63.1 Å². The van der Waals surface area contributed by atoms with E-state index in [1.165, 1.54) is 6.42 Å². The Morgan fingerprint density at radius 1 is 0.929 bits per heavy atom. The first kappa shape index (κ1) is 19.9. The summed E-state index contributed by atoms with van der Waals surface area (Å²) in [5.74, 6) is 0.142. The average molecular weight is 438 g/mol. The molecule has 2 atom stereocenters. The largest absolute Gasteiger partial charge is 0.364 e. The van der Waals surface area contributed by atoms with Gasteiger partial charge in [0.15, 0.2) is 0 Å². The Hall–Kier alpha value is -1.42. The summed E-state index contributed by atoms with van der Waals surface area (Å²) >= 11 is 18.7. The number of hydrogen-bond donors (Lipinski definition) is 1. The Morgan fingerprint density at radius 3 is 2.29 bits per heavy atom. The molecule has 0 radical (unpaired) electrons. The monoisotopic (exact) mass is 436 g/mol. The van der Waals surface area contributed by atoms with E-state index in [2.05, 4.69) is 10.2 Å². The van der Waals surface area contributed by atoms with Gasteiger partial charge in [-0.25, -0.2) is 0 Å². The molecule has 4 rings (SSSR count). The van der Waals surface area contributed by atoms with Crippen molar-refractivity contribution in [1.29, 1.82) is 0 Å². The van der Waals surface area contributed by atoms with Crippen LogP contribution in [0.4, 0.5) is 5.69 Å². The van der Waals surface area contributed by atoms with Crippen molar-refractivity contribution in [1.82, 2.24) is 5.32 Å². The summed E-state index contributed by atoms with van der Waals surface area (Å²) in [6.45, 7) is 0.657. The number of piperidine rings is 1. The van der Waals surface area contributed by atoms with Crippen molar-refractivity contribution >= 4 is 46.4 Å². The van der Waals surface area contributed by atoms with Crippen LogP contribution >= 0.6 is 34.8 Å². The molecule has 3 nitrogen and oxygen atoms in total. The zero-order valence-corrected chi connectivity index (χ0v) is 17.8. The Bertz CT molecular complexity index is 851. The highest BCUT2D eigenvalue weighted by Gasteiger charge is 2.35. The van der Waals surface area contributed by atoms with Crippen molar-refractivity contribution < 1.29 is 4.79 Å². The second-order valence-corrected chi connectivity index (χ2v) is 9.00. The van der Waals surface area contributed by atoms with Crippen LogP contribution in [-0.2, 0) is 4.79 Å². The molecule has 0 aromatic heterocycles. The van der Waals surface area contributed by atoms with Gasteiger partial charge < -0.3 is 10.2 Å². The summed E-state index contributed by atoms with van der Waals surface area (Å²) < 4.78 is 0. The van der Waals surface area contributed by atoms with Crippen LogP contribution in [0.5, 0.6) is 0 Å². The number of carbonyl (C=O) groups excluding carboxylic acids is 1. The molecule has 1 N–H and O–H groups in total. The normalized spacial score (nSPS) is 22.6. The van der Waals surface area contributed by atoms with Crippen LogP contribution in [0.3, 0.4) is 0 Å². The van der Waals surface area contributed by atoms with E-state index in [1.807, 2.05) is 36.4 Å². The molecule has 148 valence electrons. The second-order valence-electron chi connectivity index (χ2n) is 7.72. The molecular weight excluding hydrogens is 415 g/mol. The summed E-state index contributed by atoms with van der Waals surface area (Å²) in [5.41, 5.74) is 2.08. The number of carbonyl (C=O) groups is 1. The van der Waals surface area contributed by atoms with E-state index in [-0.39, 0.29) is 17.9 Å². The van der Waals surface area contributed by atoms with E-state index >= 15 is 0 Å². The number of rotatable bonds is 4. The van der Waals surface area contributed by atoms with Crippen LogP contribution in [0.15, 0.2) is 42.5 Å². The van der Waals surface area contributed by atoms with Crippen LogP contribution < -0.4 is 10.2 Å². The SMILES string of the molecule is O=C(NC1CCC1)C1CCC(c2ccc(Cl)cc2Cl)N(c2ccc(Cl)cc2)C1. The lowest BCUT2D eigenvalue weighted by Crippen LogP contribution is -2.48. The average Bonchev–Trinajstić information content (AvgIpc) is 2.65. The molecule has 0 bridgehead atoms. The van der Waals surface area contributed by atoms with Gasteiger partial charge in [-0.2, -0.15) is 0 Å². The highest BCUT2D eigenvalue weighted by molar-refractivity contribution is 6.35. The quantitative estimate of drug-likeness (QED) is 0.611. The third-order valence-corrected chi connectivity index (χ3v) is 6.70. The smallest absolute Gasteiger partial charge is 0.225 e. The number of nitrogens with one attached hydrogen (secondary N) is 1. The summed E-state index contributed by atoms with van der Waals surface area (Å²) in [7, 11) is 0.